The van der Waals surface area contributed by atoms with Gasteiger partial charge in [-0.05, 0) is 6.07 Å². The molecular formula is C10H9F2N2O. The van der Waals surface area contributed by atoms with Crippen LogP contribution < -0.4 is 10.6 Å². The number of carbonyl (C=O) groups is 1. The van der Waals surface area contributed by atoms with Crippen molar-refractivity contribution in [2.45, 2.75) is 6.04 Å². The fraction of sp³-hybridized carbons (Fsp3) is 0.300. The Morgan fingerprint density at radius 2 is 2.20 bits per heavy atom. The average molecular weight is 211 g/mol. The summed E-state index contributed by atoms with van der Waals surface area (Å²) in [6.45, 7) is 0.874. The molecule has 2 rings (SSSR count). The fourth-order valence-corrected chi connectivity index (χ4v) is 1.52. The lowest BCUT2D eigenvalue weighted by Crippen LogP contribution is -2.44. The number of halogens is 2. The van der Waals surface area contributed by atoms with Crippen molar-refractivity contribution < 1.29 is 13.6 Å². The Labute approximate surface area is 85.5 Å². The summed E-state index contributed by atoms with van der Waals surface area (Å²) in [5.74, 6) is -2.34. The fourth-order valence-electron chi connectivity index (χ4n) is 1.52. The molecule has 79 valence electrons. The van der Waals surface area contributed by atoms with Crippen LogP contribution >= 0.6 is 0 Å². The second-order valence-corrected chi connectivity index (χ2v) is 3.24. The minimum Gasteiger partial charge on any atom is -0.353 e. The average Bonchev–Trinajstić information content (AvgIpc) is 2.23. The summed E-state index contributed by atoms with van der Waals surface area (Å²) in [7, 11) is 0. The Balaban J connectivity index is 2.35. The maximum atomic E-state index is 13.3. The van der Waals surface area contributed by atoms with E-state index in [1.807, 2.05) is 0 Å². The first-order valence-electron chi connectivity index (χ1n) is 4.58. The zero-order chi connectivity index (χ0) is 10.8. The first-order chi connectivity index (χ1) is 7.20. The molecule has 0 spiro atoms. The van der Waals surface area contributed by atoms with Gasteiger partial charge in [0.2, 0.25) is 5.91 Å². The van der Waals surface area contributed by atoms with Crippen molar-refractivity contribution in [3.8, 4) is 0 Å². The standard InChI is InChI=1S/C10H9F2N2O/c11-7-3-1-2-6(8(7)12)9-10(15)14-5-4-13-9/h1-3,9H,4-5H2,(H,14,15). The maximum Gasteiger partial charge on any atom is 0.243 e. The van der Waals surface area contributed by atoms with Crippen LogP contribution in [0.1, 0.15) is 11.6 Å². The van der Waals surface area contributed by atoms with E-state index in [-0.39, 0.29) is 11.5 Å². The van der Waals surface area contributed by atoms with Gasteiger partial charge in [-0.2, -0.15) is 0 Å². The zero-order valence-electron chi connectivity index (χ0n) is 7.84. The van der Waals surface area contributed by atoms with E-state index in [9.17, 15) is 13.6 Å². The molecule has 1 N–H and O–H groups in total. The van der Waals surface area contributed by atoms with Gasteiger partial charge in [-0.25, -0.2) is 14.1 Å². The first-order valence-corrected chi connectivity index (χ1v) is 4.58. The highest BCUT2D eigenvalue weighted by Gasteiger charge is 2.27. The Morgan fingerprint density at radius 1 is 1.40 bits per heavy atom. The van der Waals surface area contributed by atoms with Gasteiger partial charge in [0.15, 0.2) is 11.6 Å². The molecule has 1 radical (unpaired) electrons. The number of nitrogens with zero attached hydrogens (tertiary/aromatic N) is 1. The van der Waals surface area contributed by atoms with Crippen molar-refractivity contribution in [2.24, 2.45) is 0 Å². The van der Waals surface area contributed by atoms with Gasteiger partial charge in [0.05, 0.1) is 0 Å². The van der Waals surface area contributed by atoms with Gasteiger partial charge in [-0.15, -0.1) is 0 Å². The molecule has 0 bridgehead atoms. The molecular weight excluding hydrogens is 202 g/mol. The van der Waals surface area contributed by atoms with E-state index in [4.69, 9.17) is 0 Å². The Kier molecular flexibility index (Phi) is 2.64. The normalized spacial score (nSPS) is 21.2. The molecule has 1 aromatic carbocycles. The van der Waals surface area contributed by atoms with E-state index in [1.54, 1.807) is 0 Å². The van der Waals surface area contributed by atoms with E-state index in [0.717, 1.165) is 6.07 Å². The molecule has 1 aromatic rings. The Bertz CT molecular complexity index is 395. The van der Waals surface area contributed by atoms with Crippen molar-refractivity contribution in [3.05, 3.63) is 35.4 Å². The highest BCUT2D eigenvalue weighted by Crippen LogP contribution is 2.21. The molecule has 5 heteroatoms. The quantitative estimate of drug-likeness (QED) is 0.731. The van der Waals surface area contributed by atoms with Gasteiger partial charge < -0.3 is 5.32 Å². The van der Waals surface area contributed by atoms with Crippen LogP contribution in [0.25, 0.3) is 0 Å². The second-order valence-electron chi connectivity index (χ2n) is 3.24. The SMILES string of the molecule is O=C1NCC[N]C1c1cccc(F)c1F. The third kappa shape index (κ3) is 1.83. The Morgan fingerprint density at radius 3 is 2.93 bits per heavy atom. The zero-order valence-corrected chi connectivity index (χ0v) is 7.84. The predicted octanol–water partition coefficient (Wildman–Crippen LogP) is 0.740. The minimum absolute atomic E-state index is 0.00722. The van der Waals surface area contributed by atoms with Crippen LogP contribution in [0.15, 0.2) is 18.2 Å². The van der Waals surface area contributed by atoms with Crippen LogP contribution in [0, 0.1) is 11.6 Å². The summed E-state index contributed by atoms with van der Waals surface area (Å²) in [6, 6.07) is 2.83. The van der Waals surface area contributed by atoms with Crippen LogP contribution in [-0.4, -0.2) is 19.0 Å². The molecule has 0 aliphatic carbocycles. The topological polar surface area (TPSA) is 43.2 Å². The number of benzene rings is 1. The molecule has 0 aromatic heterocycles. The summed E-state index contributed by atoms with van der Waals surface area (Å²) >= 11 is 0. The molecule has 1 unspecified atom stereocenters. The van der Waals surface area contributed by atoms with Crippen molar-refractivity contribution in [3.63, 3.8) is 0 Å². The van der Waals surface area contributed by atoms with E-state index in [0.29, 0.717) is 13.1 Å². The van der Waals surface area contributed by atoms with Crippen LogP contribution in [0.3, 0.4) is 0 Å². The smallest absolute Gasteiger partial charge is 0.243 e. The lowest BCUT2D eigenvalue weighted by Gasteiger charge is -2.22. The van der Waals surface area contributed by atoms with Crippen molar-refractivity contribution in [1.29, 1.82) is 0 Å². The number of hydrogen-bond donors (Lipinski definition) is 1. The molecule has 1 aliphatic heterocycles. The van der Waals surface area contributed by atoms with Crippen LogP contribution in [-0.2, 0) is 4.79 Å². The highest BCUT2D eigenvalue weighted by atomic mass is 19.2. The van der Waals surface area contributed by atoms with E-state index in [2.05, 4.69) is 10.6 Å². The van der Waals surface area contributed by atoms with Crippen molar-refractivity contribution in [1.82, 2.24) is 10.6 Å². The number of carbonyl (C=O) groups excluding carboxylic acids is 1. The van der Waals surface area contributed by atoms with Crippen LogP contribution in [0.5, 0.6) is 0 Å². The largest absolute Gasteiger partial charge is 0.353 e. The van der Waals surface area contributed by atoms with Gasteiger partial charge in [0.1, 0.15) is 6.04 Å². The molecule has 1 aliphatic rings. The highest BCUT2D eigenvalue weighted by molar-refractivity contribution is 5.83. The van der Waals surface area contributed by atoms with Gasteiger partial charge >= 0.3 is 0 Å². The predicted molar refractivity (Wildman–Crippen MR) is 49.1 cm³/mol. The number of rotatable bonds is 1. The Hall–Kier alpha value is -1.49. The third-order valence-corrected chi connectivity index (χ3v) is 2.25. The van der Waals surface area contributed by atoms with Gasteiger partial charge in [0.25, 0.3) is 0 Å². The summed E-state index contributed by atoms with van der Waals surface area (Å²) < 4.78 is 26.3. The molecule has 1 fully saturated rings. The van der Waals surface area contributed by atoms with Crippen LogP contribution in [0.4, 0.5) is 8.78 Å². The van der Waals surface area contributed by atoms with E-state index >= 15 is 0 Å². The lowest BCUT2D eigenvalue weighted by molar-refractivity contribution is -0.124. The van der Waals surface area contributed by atoms with E-state index in [1.165, 1.54) is 12.1 Å². The lowest BCUT2D eigenvalue weighted by atomic mass is 10.0. The van der Waals surface area contributed by atoms with E-state index < -0.39 is 17.7 Å². The van der Waals surface area contributed by atoms with Gasteiger partial charge in [-0.3, -0.25) is 4.79 Å². The summed E-state index contributed by atoms with van der Waals surface area (Å²) in [5, 5.41) is 6.52. The van der Waals surface area contributed by atoms with Crippen molar-refractivity contribution >= 4 is 5.91 Å². The summed E-state index contributed by atoms with van der Waals surface area (Å²) in [5.41, 5.74) is -0.00722. The number of amides is 1. The number of hydrogen-bond acceptors (Lipinski definition) is 1. The molecule has 1 atom stereocenters. The maximum absolute atomic E-state index is 13.3. The van der Waals surface area contributed by atoms with Crippen molar-refractivity contribution in [2.75, 3.05) is 13.1 Å². The summed E-state index contributed by atoms with van der Waals surface area (Å²) in [4.78, 5) is 11.4. The number of piperazine rings is 1. The molecule has 1 heterocycles. The van der Waals surface area contributed by atoms with Gasteiger partial charge in [-0.1, -0.05) is 12.1 Å². The number of nitrogens with one attached hydrogen (secondary N) is 1. The monoisotopic (exact) mass is 211 g/mol. The molecule has 0 saturated carbocycles. The minimum atomic E-state index is -0.997. The molecule has 1 amide bonds. The molecule has 3 nitrogen and oxygen atoms in total. The van der Waals surface area contributed by atoms with Crippen LogP contribution in [0.2, 0.25) is 0 Å². The molecule has 1 saturated heterocycles. The second kappa shape index (κ2) is 3.94. The third-order valence-electron chi connectivity index (χ3n) is 2.25. The first kappa shape index (κ1) is 10.0. The summed E-state index contributed by atoms with van der Waals surface area (Å²) in [6.07, 6.45) is 0. The molecule has 15 heavy (non-hydrogen) atoms. The van der Waals surface area contributed by atoms with Gasteiger partial charge in [0, 0.05) is 18.7 Å².